The number of nitrogens with zero attached hydrogens (tertiary/aromatic N) is 1. The normalized spacial score (nSPS) is 12.5. The van der Waals surface area contributed by atoms with Crippen molar-refractivity contribution in [2.24, 2.45) is 0 Å². The van der Waals surface area contributed by atoms with Crippen LogP contribution < -0.4 is 4.72 Å². The van der Waals surface area contributed by atoms with Gasteiger partial charge in [-0.25, -0.2) is 8.42 Å². The van der Waals surface area contributed by atoms with E-state index in [1.165, 1.54) is 5.56 Å². The third kappa shape index (κ3) is 4.58. The van der Waals surface area contributed by atoms with Gasteiger partial charge in [-0.15, -0.1) is 0 Å². The van der Waals surface area contributed by atoms with Crippen LogP contribution in [-0.2, 0) is 10.0 Å². The third-order valence-corrected chi connectivity index (χ3v) is 4.48. The van der Waals surface area contributed by atoms with Gasteiger partial charge < -0.3 is 4.90 Å². The van der Waals surface area contributed by atoms with Crippen LogP contribution in [-0.4, -0.2) is 32.5 Å². The highest BCUT2D eigenvalue weighted by Crippen LogP contribution is 2.22. The summed E-state index contributed by atoms with van der Waals surface area (Å²) in [6.07, 6.45) is 1.08. The summed E-state index contributed by atoms with van der Waals surface area (Å²) in [6.45, 7) is 3.98. The maximum absolute atomic E-state index is 12.7. The Kier molecular flexibility index (Phi) is 5.29. The van der Waals surface area contributed by atoms with Crippen molar-refractivity contribution in [3.05, 3.63) is 65.2 Å². The lowest BCUT2D eigenvalue weighted by atomic mass is 10.0. The smallest absolute Gasteiger partial charge is 0.254 e. The molecule has 0 spiro atoms. The lowest BCUT2D eigenvalue weighted by molar-refractivity contribution is 0.0742. The second-order valence-electron chi connectivity index (χ2n) is 5.96. The van der Waals surface area contributed by atoms with Crippen LogP contribution in [0, 0.1) is 6.92 Å². The molecule has 0 aromatic heterocycles. The van der Waals surface area contributed by atoms with Crippen LogP contribution >= 0.6 is 0 Å². The molecule has 128 valence electrons. The molecule has 0 saturated heterocycles. The van der Waals surface area contributed by atoms with Crippen molar-refractivity contribution in [2.75, 3.05) is 18.0 Å². The molecule has 0 aliphatic rings. The van der Waals surface area contributed by atoms with E-state index < -0.39 is 10.0 Å². The van der Waals surface area contributed by atoms with Crippen LogP contribution in [0.15, 0.2) is 48.5 Å². The van der Waals surface area contributed by atoms with Crippen molar-refractivity contribution in [2.45, 2.75) is 19.9 Å². The van der Waals surface area contributed by atoms with Crippen molar-refractivity contribution in [1.29, 1.82) is 0 Å². The van der Waals surface area contributed by atoms with Crippen LogP contribution in [0.4, 0.5) is 5.69 Å². The molecule has 0 aliphatic heterocycles. The quantitative estimate of drug-likeness (QED) is 0.904. The molecule has 24 heavy (non-hydrogen) atoms. The highest BCUT2D eigenvalue weighted by Gasteiger charge is 2.19. The number of carbonyl (C=O) groups excluding carboxylic acids is 1. The van der Waals surface area contributed by atoms with Gasteiger partial charge in [0.25, 0.3) is 5.91 Å². The Balaban J connectivity index is 2.21. The molecule has 0 saturated carbocycles. The molecule has 6 heteroatoms. The summed E-state index contributed by atoms with van der Waals surface area (Å²) in [5.41, 5.74) is 3.02. The van der Waals surface area contributed by atoms with E-state index in [4.69, 9.17) is 0 Å². The summed E-state index contributed by atoms with van der Waals surface area (Å²) in [5, 5.41) is 0. The lowest BCUT2D eigenvalue weighted by Gasteiger charge is -2.25. The largest absolute Gasteiger partial charge is 0.335 e. The van der Waals surface area contributed by atoms with E-state index in [1.807, 2.05) is 38.1 Å². The van der Waals surface area contributed by atoms with Gasteiger partial charge in [0, 0.05) is 18.3 Å². The minimum atomic E-state index is -3.38. The minimum absolute atomic E-state index is 0.0929. The number of anilines is 1. The number of hydrogen-bond donors (Lipinski definition) is 1. The van der Waals surface area contributed by atoms with Crippen molar-refractivity contribution in [1.82, 2.24) is 4.90 Å². The molecule has 0 heterocycles. The molecule has 1 unspecified atom stereocenters. The van der Waals surface area contributed by atoms with Crippen LogP contribution in [0.5, 0.6) is 0 Å². The van der Waals surface area contributed by atoms with E-state index in [2.05, 4.69) is 4.72 Å². The van der Waals surface area contributed by atoms with Gasteiger partial charge in [-0.3, -0.25) is 9.52 Å². The predicted octanol–water partition coefficient (Wildman–Crippen LogP) is 3.20. The number of sulfonamides is 1. The maximum atomic E-state index is 12.7. The Labute approximate surface area is 143 Å². The van der Waals surface area contributed by atoms with Gasteiger partial charge in [-0.2, -0.15) is 0 Å². The van der Waals surface area contributed by atoms with Crippen molar-refractivity contribution in [3.8, 4) is 0 Å². The molecule has 5 nitrogen and oxygen atoms in total. The molecule has 0 aliphatic carbocycles. The first-order valence-corrected chi connectivity index (χ1v) is 9.48. The molecule has 1 atom stereocenters. The Morgan fingerprint density at radius 1 is 1.12 bits per heavy atom. The number of benzene rings is 2. The predicted molar refractivity (Wildman–Crippen MR) is 96.6 cm³/mol. The monoisotopic (exact) mass is 346 g/mol. The Morgan fingerprint density at radius 3 is 2.33 bits per heavy atom. The Bertz CT molecular complexity index is 830. The van der Waals surface area contributed by atoms with Gasteiger partial charge >= 0.3 is 0 Å². The average Bonchev–Trinajstić information content (AvgIpc) is 2.52. The number of rotatable bonds is 5. The molecule has 1 amide bonds. The highest BCUT2D eigenvalue weighted by atomic mass is 32.2. The molecule has 0 bridgehead atoms. The summed E-state index contributed by atoms with van der Waals surface area (Å²) in [6, 6.07) is 14.4. The van der Waals surface area contributed by atoms with Gasteiger partial charge in [0.05, 0.1) is 12.3 Å². The number of aryl methyl sites for hydroxylation is 1. The van der Waals surface area contributed by atoms with Crippen LogP contribution in [0.2, 0.25) is 0 Å². The van der Waals surface area contributed by atoms with Crippen molar-refractivity contribution in [3.63, 3.8) is 0 Å². The molecular weight excluding hydrogens is 324 g/mol. The molecule has 2 aromatic rings. The number of nitrogens with one attached hydrogen (secondary N) is 1. The van der Waals surface area contributed by atoms with E-state index >= 15 is 0 Å². The second kappa shape index (κ2) is 7.05. The number of hydrogen-bond acceptors (Lipinski definition) is 3. The first-order valence-electron chi connectivity index (χ1n) is 7.59. The topological polar surface area (TPSA) is 66.5 Å². The molecule has 1 N–H and O–H groups in total. The van der Waals surface area contributed by atoms with E-state index in [1.54, 1.807) is 36.2 Å². The third-order valence-electron chi connectivity index (χ3n) is 3.87. The molecule has 2 aromatic carbocycles. The fourth-order valence-electron chi connectivity index (χ4n) is 2.38. The molecule has 0 radical (unpaired) electrons. The molecule has 0 fully saturated rings. The van der Waals surface area contributed by atoms with Gasteiger partial charge in [0.15, 0.2) is 0 Å². The Morgan fingerprint density at radius 2 is 1.75 bits per heavy atom. The second-order valence-corrected chi connectivity index (χ2v) is 7.71. The Hall–Kier alpha value is -2.34. The van der Waals surface area contributed by atoms with E-state index in [-0.39, 0.29) is 11.9 Å². The zero-order valence-electron chi connectivity index (χ0n) is 14.3. The summed E-state index contributed by atoms with van der Waals surface area (Å²) in [7, 11) is -1.64. The highest BCUT2D eigenvalue weighted by molar-refractivity contribution is 7.92. The first kappa shape index (κ1) is 18.0. The van der Waals surface area contributed by atoms with Gasteiger partial charge in [-0.1, -0.05) is 35.9 Å². The molecular formula is C18H22N2O3S. The zero-order valence-corrected chi connectivity index (χ0v) is 15.1. The van der Waals surface area contributed by atoms with Gasteiger partial charge in [-0.05, 0) is 37.6 Å². The van der Waals surface area contributed by atoms with E-state index in [0.29, 0.717) is 11.3 Å². The van der Waals surface area contributed by atoms with Crippen LogP contribution in [0.3, 0.4) is 0 Å². The summed E-state index contributed by atoms with van der Waals surface area (Å²) >= 11 is 0. The van der Waals surface area contributed by atoms with E-state index in [0.717, 1.165) is 11.8 Å². The summed E-state index contributed by atoms with van der Waals surface area (Å²) < 4.78 is 25.0. The zero-order chi connectivity index (χ0) is 17.9. The van der Waals surface area contributed by atoms with E-state index in [9.17, 15) is 13.2 Å². The summed E-state index contributed by atoms with van der Waals surface area (Å²) in [5.74, 6) is -0.166. The van der Waals surface area contributed by atoms with Gasteiger partial charge in [0.1, 0.15) is 0 Å². The average molecular weight is 346 g/mol. The lowest BCUT2D eigenvalue weighted by Crippen LogP contribution is -2.29. The number of amides is 1. The van der Waals surface area contributed by atoms with Crippen molar-refractivity contribution < 1.29 is 13.2 Å². The van der Waals surface area contributed by atoms with Crippen LogP contribution in [0.1, 0.15) is 34.5 Å². The number of carbonyl (C=O) groups is 1. The van der Waals surface area contributed by atoms with Gasteiger partial charge in [0.2, 0.25) is 10.0 Å². The van der Waals surface area contributed by atoms with Crippen molar-refractivity contribution >= 4 is 21.6 Å². The minimum Gasteiger partial charge on any atom is -0.335 e. The SMILES string of the molecule is Cc1ccc(C(C)N(C)C(=O)c2cccc(NS(C)(=O)=O)c2)cc1. The molecule has 2 rings (SSSR count). The first-order chi connectivity index (χ1) is 11.2. The standard InChI is InChI=1S/C18H22N2O3S/c1-13-8-10-15(11-9-13)14(2)20(3)18(21)16-6-5-7-17(12-16)19-24(4,22)23/h5-12,14,19H,1-4H3. The summed E-state index contributed by atoms with van der Waals surface area (Å²) in [4.78, 5) is 14.3. The van der Waals surface area contributed by atoms with Crippen LogP contribution in [0.25, 0.3) is 0 Å². The fourth-order valence-corrected chi connectivity index (χ4v) is 2.93. The maximum Gasteiger partial charge on any atom is 0.254 e. The fraction of sp³-hybridized carbons (Fsp3) is 0.278.